The van der Waals surface area contributed by atoms with Crippen LogP contribution in [0.25, 0.3) is 0 Å². The van der Waals surface area contributed by atoms with Crippen molar-refractivity contribution in [2.24, 2.45) is 0 Å². The predicted molar refractivity (Wildman–Crippen MR) is 80.3 cm³/mol. The van der Waals surface area contributed by atoms with Crippen LogP contribution in [-0.4, -0.2) is 36.7 Å². The first-order chi connectivity index (χ1) is 10.1. The molecule has 1 aromatic carbocycles. The maximum atomic E-state index is 12.1. The number of hydrogen-bond donors (Lipinski definition) is 0. The van der Waals surface area contributed by atoms with Crippen LogP contribution in [-0.2, 0) is 19.0 Å². The van der Waals surface area contributed by atoms with E-state index in [1.165, 1.54) is 11.8 Å². The average Bonchev–Trinajstić information content (AvgIpc) is 2.46. The van der Waals surface area contributed by atoms with Crippen LogP contribution in [0.2, 0.25) is 0 Å². The molecule has 0 amide bonds. The topological polar surface area (TPSA) is 61.8 Å². The molecule has 0 saturated heterocycles. The summed E-state index contributed by atoms with van der Waals surface area (Å²) in [5.41, 5.74) is 0. The van der Waals surface area contributed by atoms with Gasteiger partial charge in [-0.2, -0.15) is 0 Å². The van der Waals surface area contributed by atoms with Crippen molar-refractivity contribution in [3.8, 4) is 0 Å². The fourth-order valence-corrected chi connectivity index (χ4v) is 2.59. The van der Waals surface area contributed by atoms with E-state index < -0.39 is 23.5 Å². The van der Waals surface area contributed by atoms with E-state index in [-0.39, 0.29) is 13.2 Å². The summed E-state index contributed by atoms with van der Waals surface area (Å²) in [5.74, 6) is -0.414. The van der Waals surface area contributed by atoms with Crippen LogP contribution in [0.5, 0.6) is 0 Å². The van der Waals surface area contributed by atoms with Gasteiger partial charge in [-0.25, -0.2) is 4.79 Å². The fourth-order valence-electron chi connectivity index (χ4n) is 1.57. The third-order valence-electron chi connectivity index (χ3n) is 2.50. The number of thioether (sulfide) groups is 1. The number of rotatable bonds is 7. The van der Waals surface area contributed by atoms with Crippen molar-refractivity contribution < 1.29 is 23.8 Å². The van der Waals surface area contributed by atoms with Gasteiger partial charge in [-0.15, -0.1) is 11.8 Å². The van der Waals surface area contributed by atoms with E-state index in [0.717, 1.165) is 4.90 Å². The quantitative estimate of drug-likeness (QED) is 0.569. The molecule has 5 nitrogen and oxygen atoms in total. The summed E-state index contributed by atoms with van der Waals surface area (Å²) in [6.45, 7) is 5.57. The Labute approximate surface area is 129 Å². The molecule has 0 fully saturated rings. The monoisotopic (exact) mass is 312 g/mol. The van der Waals surface area contributed by atoms with E-state index in [9.17, 15) is 9.59 Å². The minimum absolute atomic E-state index is 0.224. The average molecular weight is 312 g/mol. The highest BCUT2D eigenvalue weighted by Crippen LogP contribution is 2.27. The molecule has 0 aliphatic carbocycles. The van der Waals surface area contributed by atoms with E-state index in [1.54, 1.807) is 20.8 Å². The number of hydrogen-bond acceptors (Lipinski definition) is 6. The molecule has 0 spiro atoms. The number of carbonyl (C=O) groups is 2. The molecule has 0 aromatic heterocycles. The molecule has 0 heterocycles. The lowest BCUT2D eigenvalue weighted by atomic mass is 10.3. The lowest BCUT2D eigenvalue weighted by molar-refractivity contribution is -0.144. The highest BCUT2D eigenvalue weighted by molar-refractivity contribution is 8.00. The molecule has 1 rings (SSSR count). The van der Waals surface area contributed by atoms with Gasteiger partial charge in [-0.05, 0) is 32.9 Å². The van der Waals surface area contributed by atoms with Crippen molar-refractivity contribution in [1.29, 1.82) is 0 Å². The molecule has 0 radical (unpaired) electrons. The van der Waals surface area contributed by atoms with Gasteiger partial charge in [0.1, 0.15) is 11.4 Å². The van der Waals surface area contributed by atoms with Crippen molar-refractivity contribution in [2.75, 3.05) is 13.2 Å². The summed E-state index contributed by atoms with van der Waals surface area (Å²) < 4.78 is 14.9. The van der Waals surface area contributed by atoms with Crippen molar-refractivity contribution in [2.45, 2.75) is 37.0 Å². The van der Waals surface area contributed by atoms with Crippen molar-refractivity contribution in [3.63, 3.8) is 0 Å². The molecule has 0 bridgehead atoms. The summed E-state index contributed by atoms with van der Waals surface area (Å²) in [6, 6.07) is 9.41. The number of ether oxygens (including phenoxy) is 3. The molecule has 6 heteroatoms. The first-order valence-electron chi connectivity index (χ1n) is 6.80. The maximum Gasteiger partial charge on any atom is 0.508 e. The van der Waals surface area contributed by atoms with Gasteiger partial charge in [-0.3, -0.25) is 4.79 Å². The Morgan fingerprint density at radius 2 is 1.71 bits per heavy atom. The predicted octanol–water partition coefficient (Wildman–Crippen LogP) is 3.27. The second-order valence-electron chi connectivity index (χ2n) is 4.11. The molecular weight excluding hydrogens is 292 g/mol. The van der Waals surface area contributed by atoms with Crippen LogP contribution >= 0.6 is 11.8 Å². The zero-order valence-electron chi connectivity index (χ0n) is 12.4. The highest BCUT2D eigenvalue weighted by atomic mass is 32.2. The van der Waals surface area contributed by atoms with E-state index in [2.05, 4.69) is 0 Å². The van der Waals surface area contributed by atoms with E-state index in [0.29, 0.717) is 0 Å². The van der Waals surface area contributed by atoms with Gasteiger partial charge < -0.3 is 14.2 Å². The smallest absolute Gasteiger partial charge is 0.465 e. The van der Waals surface area contributed by atoms with Gasteiger partial charge in [0, 0.05) is 4.90 Å². The van der Waals surface area contributed by atoms with Gasteiger partial charge in [0.25, 0.3) is 0 Å². The Morgan fingerprint density at radius 1 is 1.10 bits per heavy atom. The van der Waals surface area contributed by atoms with E-state index in [4.69, 9.17) is 14.2 Å². The third kappa shape index (κ3) is 6.08. The molecule has 0 N–H and O–H groups in total. The Kier molecular flexibility index (Phi) is 7.68. The van der Waals surface area contributed by atoms with Crippen LogP contribution in [0, 0.1) is 0 Å². The van der Waals surface area contributed by atoms with Gasteiger partial charge in [0.15, 0.2) is 0 Å². The summed E-state index contributed by atoms with van der Waals surface area (Å²) in [7, 11) is 0. The maximum absolute atomic E-state index is 12.1. The molecule has 1 aromatic rings. The normalized spacial score (nSPS) is 13.1. The zero-order valence-corrected chi connectivity index (χ0v) is 13.2. The summed E-state index contributed by atoms with van der Waals surface area (Å²) in [4.78, 5) is 24.3. The first-order valence-corrected chi connectivity index (χ1v) is 7.68. The van der Waals surface area contributed by atoms with Gasteiger partial charge in [-0.1, -0.05) is 18.2 Å². The van der Waals surface area contributed by atoms with E-state index >= 15 is 0 Å². The lowest BCUT2D eigenvalue weighted by Gasteiger charge is -2.21. The second-order valence-corrected chi connectivity index (χ2v) is 5.32. The minimum atomic E-state index is -0.784. The Hall–Kier alpha value is -1.69. The van der Waals surface area contributed by atoms with Gasteiger partial charge >= 0.3 is 12.1 Å². The summed E-state index contributed by atoms with van der Waals surface area (Å²) in [5, 5.41) is -0.642. The number of carbonyl (C=O) groups excluding carboxylic acids is 2. The highest BCUT2D eigenvalue weighted by Gasteiger charge is 2.31. The molecule has 0 aliphatic rings. The summed E-state index contributed by atoms with van der Waals surface area (Å²) >= 11 is 1.30. The van der Waals surface area contributed by atoms with Crippen molar-refractivity contribution in [3.05, 3.63) is 30.3 Å². The van der Waals surface area contributed by atoms with Crippen molar-refractivity contribution in [1.82, 2.24) is 0 Å². The number of esters is 1. The van der Waals surface area contributed by atoms with Crippen LogP contribution < -0.4 is 0 Å². The van der Waals surface area contributed by atoms with Crippen LogP contribution in [0.4, 0.5) is 4.79 Å². The molecule has 0 unspecified atom stereocenters. The Bertz CT molecular complexity index is 449. The van der Waals surface area contributed by atoms with Crippen LogP contribution in [0.3, 0.4) is 0 Å². The standard InChI is InChI=1S/C15H20O5S/c1-4-18-14(16)13(11(3)20-15(17)19-5-2)21-12-9-7-6-8-10-12/h6-11,13H,4-5H2,1-3H3/t11-,13+/m0/s1. The molecule has 21 heavy (non-hydrogen) atoms. The summed E-state index contributed by atoms with van der Waals surface area (Å²) in [6.07, 6.45) is -1.44. The Morgan fingerprint density at radius 3 is 2.29 bits per heavy atom. The third-order valence-corrected chi connectivity index (χ3v) is 3.87. The van der Waals surface area contributed by atoms with Gasteiger partial charge in [0.05, 0.1) is 13.2 Å². The first kappa shape index (κ1) is 17.4. The number of benzene rings is 1. The largest absolute Gasteiger partial charge is 0.508 e. The van der Waals surface area contributed by atoms with Crippen molar-refractivity contribution >= 4 is 23.9 Å². The molecule has 0 aliphatic heterocycles. The molecule has 116 valence electrons. The molecule has 0 saturated carbocycles. The minimum Gasteiger partial charge on any atom is -0.465 e. The fraction of sp³-hybridized carbons (Fsp3) is 0.467. The van der Waals surface area contributed by atoms with Crippen LogP contribution in [0.1, 0.15) is 20.8 Å². The Balaban J connectivity index is 2.76. The van der Waals surface area contributed by atoms with Crippen LogP contribution in [0.15, 0.2) is 35.2 Å². The molecule has 2 atom stereocenters. The molecular formula is C15H20O5S. The SMILES string of the molecule is CCOC(=O)O[C@@H](C)[C@@H](Sc1ccccc1)C(=O)OCC. The second kappa shape index (κ2) is 9.28. The lowest BCUT2D eigenvalue weighted by Crippen LogP contribution is -2.34. The zero-order chi connectivity index (χ0) is 15.7. The van der Waals surface area contributed by atoms with E-state index in [1.807, 2.05) is 30.3 Å². The van der Waals surface area contributed by atoms with Gasteiger partial charge in [0.2, 0.25) is 0 Å².